The number of quaternary nitrogens is 1. The van der Waals surface area contributed by atoms with E-state index in [1.165, 1.54) is 0 Å². The number of hydrogen-bond acceptors (Lipinski definition) is 2. The first kappa shape index (κ1) is 9.33. The molecule has 4 heteroatoms. The van der Waals surface area contributed by atoms with E-state index in [-0.39, 0.29) is 12.4 Å². The van der Waals surface area contributed by atoms with Gasteiger partial charge in [0, 0.05) is 5.57 Å². The van der Waals surface area contributed by atoms with Gasteiger partial charge in [-0.15, -0.1) is 0 Å². The average molecular weight is 161 g/mol. The summed E-state index contributed by atoms with van der Waals surface area (Å²) in [5.41, 5.74) is 1.52. The number of rotatable bonds is 1. The van der Waals surface area contributed by atoms with Crippen LogP contribution >= 0.6 is 0 Å². The predicted octanol–water partition coefficient (Wildman–Crippen LogP) is -4.02. The minimum absolute atomic E-state index is 0. The number of carbonyl (C=O) groups excluding carboxylic acids is 1. The van der Waals surface area contributed by atoms with Crippen molar-refractivity contribution < 1.29 is 22.2 Å². The lowest BCUT2D eigenvalue weighted by Gasteiger charge is -1.88. The van der Waals surface area contributed by atoms with Crippen molar-refractivity contribution in [1.82, 2.24) is 0 Å². The van der Waals surface area contributed by atoms with Crippen molar-refractivity contribution in [2.75, 3.05) is 7.05 Å². The molecule has 1 rings (SSSR count). The van der Waals surface area contributed by atoms with Crippen molar-refractivity contribution in [2.45, 2.75) is 6.92 Å². The van der Waals surface area contributed by atoms with E-state index < -0.39 is 0 Å². The summed E-state index contributed by atoms with van der Waals surface area (Å²) in [6, 6.07) is 0. The zero-order valence-corrected chi connectivity index (χ0v) is 6.64. The van der Waals surface area contributed by atoms with Gasteiger partial charge in [0.2, 0.25) is 0 Å². The van der Waals surface area contributed by atoms with E-state index in [1.54, 1.807) is 0 Å². The van der Waals surface area contributed by atoms with Crippen LogP contribution in [0.4, 0.5) is 0 Å². The molecule has 1 unspecified atom stereocenters. The standard InChI is InChI=1S/C6H8N2O.ClH/c1-5-3-8(2)7-6(5)4-9;/h3-4H,1-2H3;1H. The van der Waals surface area contributed by atoms with Gasteiger partial charge >= 0.3 is 0 Å². The van der Waals surface area contributed by atoms with Crippen LogP contribution < -0.4 is 17.4 Å². The Balaban J connectivity index is 0.000000810. The third-order valence-electron chi connectivity index (χ3n) is 1.24. The molecule has 1 heterocycles. The van der Waals surface area contributed by atoms with Crippen molar-refractivity contribution in [1.29, 1.82) is 0 Å². The molecule has 0 bridgehead atoms. The SMILES string of the molecule is CC1=C[NH+](C)N=C1C=O.[Cl-]. The maximum atomic E-state index is 10.2. The van der Waals surface area contributed by atoms with Crippen molar-refractivity contribution in [3.05, 3.63) is 11.8 Å². The van der Waals surface area contributed by atoms with E-state index in [1.807, 2.05) is 20.2 Å². The second kappa shape index (κ2) is 3.49. The van der Waals surface area contributed by atoms with Crippen molar-refractivity contribution in [3.63, 3.8) is 0 Å². The molecule has 0 radical (unpaired) electrons. The van der Waals surface area contributed by atoms with Gasteiger partial charge in [-0.3, -0.25) is 4.79 Å². The lowest BCUT2D eigenvalue weighted by atomic mass is 10.2. The number of nitrogens with one attached hydrogen (secondary N) is 1. The molecule has 0 fully saturated rings. The van der Waals surface area contributed by atoms with Gasteiger partial charge in [-0.2, -0.15) is 5.01 Å². The maximum absolute atomic E-state index is 10.2. The molecule has 1 aliphatic rings. The minimum atomic E-state index is 0. The number of allylic oxidation sites excluding steroid dienone is 1. The highest BCUT2D eigenvalue weighted by Crippen LogP contribution is 1.93. The number of halogens is 1. The molecule has 3 nitrogen and oxygen atoms in total. The summed E-state index contributed by atoms with van der Waals surface area (Å²) in [7, 11) is 1.88. The number of carbonyl (C=O) groups is 1. The van der Waals surface area contributed by atoms with Crippen LogP contribution in [0.15, 0.2) is 16.9 Å². The summed E-state index contributed by atoms with van der Waals surface area (Å²) in [6.07, 6.45) is 2.67. The van der Waals surface area contributed by atoms with Crippen LogP contribution in [0.2, 0.25) is 0 Å². The van der Waals surface area contributed by atoms with Crippen LogP contribution in [-0.4, -0.2) is 19.0 Å². The Morgan fingerprint density at radius 1 is 1.70 bits per heavy atom. The van der Waals surface area contributed by atoms with Gasteiger partial charge in [0.25, 0.3) is 0 Å². The third-order valence-corrected chi connectivity index (χ3v) is 1.24. The highest BCUT2D eigenvalue weighted by atomic mass is 35.5. The van der Waals surface area contributed by atoms with Crippen LogP contribution in [0, 0.1) is 0 Å². The first-order valence-electron chi connectivity index (χ1n) is 2.80. The van der Waals surface area contributed by atoms with Gasteiger partial charge in [0.15, 0.2) is 12.0 Å². The number of aldehydes is 1. The van der Waals surface area contributed by atoms with Crippen molar-refractivity contribution >= 4 is 12.0 Å². The molecule has 1 aliphatic heterocycles. The number of hydrogen-bond donors (Lipinski definition) is 1. The van der Waals surface area contributed by atoms with Gasteiger partial charge in [0.1, 0.15) is 6.20 Å². The number of nitrogens with zero attached hydrogens (tertiary/aromatic N) is 1. The summed E-state index contributed by atoms with van der Waals surface area (Å²) in [5.74, 6) is 0. The van der Waals surface area contributed by atoms with Gasteiger partial charge < -0.3 is 12.4 Å². The Morgan fingerprint density at radius 2 is 2.30 bits per heavy atom. The largest absolute Gasteiger partial charge is 1.00 e. The molecule has 10 heavy (non-hydrogen) atoms. The van der Waals surface area contributed by atoms with Gasteiger partial charge in [-0.05, 0) is 6.92 Å². The van der Waals surface area contributed by atoms with Gasteiger partial charge in [-0.1, -0.05) is 5.10 Å². The van der Waals surface area contributed by atoms with E-state index in [0.29, 0.717) is 5.71 Å². The zero-order chi connectivity index (χ0) is 6.85. The second-order valence-electron chi connectivity index (χ2n) is 2.08. The Morgan fingerprint density at radius 3 is 2.50 bits per heavy atom. The Labute approximate surface area is 65.8 Å². The van der Waals surface area contributed by atoms with Crippen LogP contribution in [-0.2, 0) is 4.79 Å². The molecule has 56 valence electrons. The summed E-state index contributed by atoms with van der Waals surface area (Å²) < 4.78 is 0. The zero-order valence-electron chi connectivity index (χ0n) is 5.89. The molecule has 0 aromatic rings. The van der Waals surface area contributed by atoms with Crippen LogP contribution in [0.5, 0.6) is 0 Å². The van der Waals surface area contributed by atoms with E-state index in [0.717, 1.165) is 16.9 Å². The predicted molar refractivity (Wildman–Crippen MR) is 34.1 cm³/mol. The summed E-state index contributed by atoms with van der Waals surface area (Å²) in [5, 5.41) is 4.87. The Kier molecular flexibility index (Phi) is 3.25. The topological polar surface area (TPSA) is 33.9 Å². The molecule has 0 aliphatic carbocycles. The molecule has 0 saturated carbocycles. The molecule has 0 aromatic heterocycles. The van der Waals surface area contributed by atoms with Gasteiger partial charge in [-0.25, -0.2) is 0 Å². The minimum Gasteiger partial charge on any atom is -1.00 e. The third kappa shape index (κ3) is 1.65. The molecule has 0 aromatic carbocycles. The molecule has 0 spiro atoms. The molecule has 0 saturated heterocycles. The first-order chi connectivity index (χ1) is 4.24. The molecule has 1 atom stereocenters. The normalized spacial score (nSPS) is 22.8. The summed E-state index contributed by atoms with van der Waals surface area (Å²) in [4.78, 5) is 10.2. The van der Waals surface area contributed by atoms with Crippen molar-refractivity contribution in [3.8, 4) is 0 Å². The lowest BCUT2D eigenvalue weighted by molar-refractivity contribution is -0.829. The fourth-order valence-electron chi connectivity index (χ4n) is 0.817. The van der Waals surface area contributed by atoms with Gasteiger partial charge in [0.05, 0.1) is 7.05 Å². The maximum Gasteiger partial charge on any atom is 0.174 e. The van der Waals surface area contributed by atoms with Crippen LogP contribution in [0.1, 0.15) is 6.92 Å². The second-order valence-corrected chi connectivity index (χ2v) is 2.08. The Bertz CT molecular complexity index is 198. The molecular weight excluding hydrogens is 152 g/mol. The highest BCUT2D eigenvalue weighted by molar-refractivity contribution is 6.36. The van der Waals surface area contributed by atoms with E-state index in [2.05, 4.69) is 5.10 Å². The fourth-order valence-corrected chi connectivity index (χ4v) is 0.817. The van der Waals surface area contributed by atoms with Crippen LogP contribution in [0.25, 0.3) is 0 Å². The fraction of sp³-hybridized carbons (Fsp3) is 0.333. The van der Waals surface area contributed by atoms with E-state index in [4.69, 9.17) is 0 Å². The quantitative estimate of drug-likeness (QED) is 0.390. The van der Waals surface area contributed by atoms with E-state index in [9.17, 15) is 4.79 Å². The molecule has 0 amide bonds. The van der Waals surface area contributed by atoms with Crippen LogP contribution in [0.3, 0.4) is 0 Å². The average Bonchev–Trinajstić information content (AvgIpc) is 2.10. The Hall–Kier alpha value is -0.670. The first-order valence-corrected chi connectivity index (χ1v) is 2.80. The molecular formula is C6H9ClN2O. The monoisotopic (exact) mass is 160 g/mol. The highest BCUT2D eigenvalue weighted by Gasteiger charge is 2.13. The van der Waals surface area contributed by atoms with Crippen molar-refractivity contribution in [2.24, 2.45) is 5.10 Å². The summed E-state index contributed by atoms with van der Waals surface area (Å²) in [6.45, 7) is 1.88. The molecule has 1 N–H and O–H groups in total. The lowest BCUT2D eigenvalue weighted by Crippen LogP contribution is -3.00. The summed E-state index contributed by atoms with van der Waals surface area (Å²) >= 11 is 0. The smallest absolute Gasteiger partial charge is 0.174 e. The van der Waals surface area contributed by atoms with E-state index >= 15 is 0 Å².